The number of benzene rings is 2. The summed E-state index contributed by atoms with van der Waals surface area (Å²) in [5.74, 6) is -0.183. The highest BCUT2D eigenvalue weighted by Gasteiger charge is 2.22. The van der Waals surface area contributed by atoms with Crippen molar-refractivity contribution in [2.45, 2.75) is 32.5 Å². The third-order valence-electron chi connectivity index (χ3n) is 4.63. The van der Waals surface area contributed by atoms with Crippen LogP contribution in [-0.2, 0) is 9.53 Å². The summed E-state index contributed by atoms with van der Waals surface area (Å²) in [6.45, 7) is 6.45. The zero-order valence-electron chi connectivity index (χ0n) is 15.9. The zero-order chi connectivity index (χ0) is 19.2. The summed E-state index contributed by atoms with van der Waals surface area (Å²) in [7, 11) is 0. The molecule has 142 valence electrons. The van der Waals surface area contributed by atoms with Gasteiger partial charge >= 0.3 is 0 Å². The van der Waals surface area contributed by atoms with Crippen LogP contribution in [0, 0.1) is 0 Å². The predicted molar refractivity (Wildman–Crippen MR) is 106 cm³/mol. The number of carbonyl (C=O) groups is 2. The fourth-order valence-electron chi connectivity index (χ4n) is 3.47. The van der Waals surface area contributed by atoms with E-state index in [2.05, 4.69) is 10.2 Å². The van der Waals surface area contributed by atoms with Crippen LogP contribution in [0.4, 0.5) is 5.69 Å². The smallest absolute Gasteiger partial charge is 0.225 e. The van der Waals surface area contributed by atoms with E-state index in [-0.39, 0.29) is 23.9 Å². The van der Waals surface area contributed by atoms with Gasteiger partial charge in [-0.25, -0.2) is 0 Å². The maximum Gasteiger partial charge on any atom is 0.225 e. The standard InChI is InChI=1S/C22H26N2O3/c1-16-14-24(15-17(2)27-16)13-12-21(25)23-20-11-7-6-10-19(20)22(26)18-8-4-3-5-9-18/h3-11,16-17H,12-15H2,1-2H3,(H,23,25)/t16-,17-/m1/s1. The summed E-state index contributed by atoms with van der Waals surface area (Å²) in [4.78, 5) is 27.5. The topological polar surface area (TPSA) is 58.6 Å². The van der Waals surface area contributed by atoms with Crippen molar-refractivity contribution in [1.82, 2.24) is 4.90 Å². The second-order valence-electron chi connectivity index (χ2n) is 7.06. The first-order valence-corrected chi connectivity index (χ1v) is 9.39. The maximum absolute atomic E-state index is 12.8. The van der Waals surface area contributed by atoms with E-state index in [1.165, 1.54) is 0 Å². The second kappa shape index (κ2) is 8.93. The molecule has 1 fully saturated rings. The highest BCUT2D eigenvalue weighted by atomic mass is 16.5. The predicted octanol–water partition coefficient (Wildman–Crippen LogP) is 3.36. The van der Waals surface area contributed by atoms with E-state index in [9.17, 15) is 9.59 Å². The third kappa shape index (κ3) is 5.25. The number of hydrogen-bond acceptors (Lipinski definition) is 4. The molecule has 0 bridgehead atoms. The van der Waals surface area contributed by atoms with E-state index in [4.69, 9.17) is 4.74 Å². The van der Waals surface area contributed by atoms with Gasteiger partial charge in [0.25, 0.3) is 0 Å². The molecule has 2 aromatic carbocycles. The largest absolute Gasteiger partial charge is 0.373 e. The van der Waals surface area contributed by atoms with E-state index < -0.39 is 0 Å². The van der Waals surface area contributed by atoms with Crippen LogP contribution in [0.2, 0.25) is 0 Å². The SMILES string of the molecule is C[C@@H]1CN(CCC(=O)Nc2ccccc2C(=O)c2ccccc2)C[C@@H](C)O1. The highest BCUT2D eigenvalue weighted by Crippen LogP contribution is 2.20. The number of ketones is 1. The quantitative estimate of drug-likeness (QED) is 0.797. The molecule has 0 radical (unpaired) electrons. The van der Waals surface area contributed by atoms with Crippen molar-refractivity contribution in [3.63, 3.8) is 0 Å². The minimum Gasteiger partial charge on any atom is -0.373 e. The van der Waals surface area contributed by atoms with E-state index in [1.54, 1.807) is 24.3 Å². The molecule has 1 aliphatic rings. The number of morpholine rings is 1. The van der Waals surface area contributed by atoms with Crippen LogP contribution >= 0.6 is 0 Å². The Kier molecular flexibility index (Phi) is 6.37. The lowest BCUT2D eigenvalue weighted by Crippen LogP contribution is -2.46. The molecule has 0 aromatic heterocycles. The number of para-hydroxylation sites is 1. The van der Waals surface area contributed by atoms with E-state index >= 15 is 0 Å². The Balaban J connectivity index is 1.62. The van der Waals surface area contributed by atoms with Gasteiger partial charge in [-0.15, -0.1) is 0 Å². The number of anilines is 1. The van der Waals surface area contributed by atoms with Crippen molar-refractivity contribution in [3.05, 3.63) is 65.7 Å². The Bertz CT molecular complexity index is 781. The van der Waals surface area contributed by atoms with Gasteiger partial charge in [0.1, 0.15) is 0 Å². The number of carbonyl (C=O) groups excluding carboxylic acids is 2. The molecule has 1 N–H and O–H groups in total. The van der Waals surface area contributed by atoms with Crippen molar-refractivity contribution in [2.75, 3.05) is 25.0 Å². The molecule has 5 nitrogen and oxygen atoms in total. The molecule has 3 rings (SSSR count). The van der Waals surface area contributed by atoms with Crippen LogP contribution in [-0.4, -0.2) is 48.4 Å². The average Bonchev–Trinajstić information content (AvgIpc) is 2.66. The molecule has 0 unspecified atom stereocenters. The number of amides is 1. The number of rotatable bonds is 6. The number of nitrogens with zero attached hydrogens (tertiary/aromatic N) is 1. The fraction of sp³-hybridized carbons (Fsp3) is 0.364. The zero-order valence-corrected chi connectivity index (χ0v) is 15.9. The van der Waals surface area contributed by atoms with Crippen LogP contribution in [0.25, 0.3) is 0 Å². The molecule has 2 aromatic rings. The van der Waals surface area contributed by atoms with Crippen LogP contribution in [0.1, 0.15) is 36.2 Å². The fourth-order valence-corrected chi connectivity index (χ4v) is 3.47. The molecule has 1 amide bonds. The molecule has 1 heterocycles. The van der Waals surface area contributed by atoms with Gasteiger partial charge in [-0.2, -0.15) is 0 Å². The number of hydrogen-bond donors (Lipinski definition) is 1. The molecule has 0 spiro atoms. The summed E-state index contributed by atoms with van der Waals surface area (Å²) < 4.78 is 5.72. The lowest BCUT2D eigenvalue weighted by Gasteiger charge is -2.35. The van der Waals surface area contributed by atoms with Gasteiger partial charge < -0.3 is 10.1 Å². The van der Waals surface area contributed by atoms with Gasteiger partial charge in [0.05, 0.1) is 17.9 Å². The average molecular weight is 366 g/mol. The minimum absolute atomic E-state index is 0.0879. The lowest BCUT2D eigenvalue weighted by atomic mass is 10.0. The highest BCUT2D eigenvalue weighted by molar-refractivity contribution is 6.13. The van der Waals surface area contributed by atoms with Crippen molar-refractivity contribution in [2.24, 2.45) is 0 Å². The van der Waals surface area contributed by atoms with Crippen LogP contribution in [0.5, 0.6) is 0 Å². The first-order valence-electron chi connectivity index (χ1n) is 9.39. The molecule has 27 heavy (non-hydrogen) atoms. The van der Waals surface area contributed by atoms with Crippen LogP contribution in [0.15, 0.2) is 54.6 Å². The summed E-state index contributed by atoms with van der Waals surface area (Å²) in [6, 6.07) is 16.2. The van der Waals surface area contributed by atoms with Crippen LogP contribution in [0.3, 0.4) is 0 Å². The van der Waals surface area contributed by atoms with E-state index in [0.29, 0.717) is 29.8 Å². The monoisotopic (exact) mass is 366 g/mol. The molecular formula is C22H26N2O3. The summed E-state index contributed by atoms with van der Waals surface area (Å²) in [5, 5.41) is 2.91. The molecular weight excluding hydrogens is 340 g/mol. The molecule has 0 aliphatic carbocycles. The molecule has 1 saturated heterocycles. The first-order chi connectivity index (χ1) is 13.0. The Morgan fingerprint density at radius 1 is 1.00 bits per heavy atom. The Morgan fingerprint density at radius 2 is 1.63 bits per heavy atom. The number of nitrogens with one attached hydrogen (secondary N) is 1. The van der Waals surface area contributed by atoms with Crippen molar-refractivity contribution in [1.29, 1.82) is 0 Å². The third-order valence-corrected chi connectivity index (χ3v) is 4.63. The molecule has 1 aliphatic heterocycles. The summed E-state index contributed by atoms with van der Waals surface area (Å²) in [6.07, 6.45) is 0.745. The summed E-state index contributed by atoms with van der Waals surface area (Å²) in [5.41, 5.74) is 1.67. The normalized spacial score (nSPS) is 20.2. The number of ether oxygens (including phenoxy) is 1. The van der Waals surface area contributed by atoms with Gasteiger partial charge in [0.15, 0.2) is 5.78 Å². The van der Waals surface area contributed by atoms with Gasteiger partial charge in [0, 0.05) is 37.2 Å². The molecule has 5 heteroatoms. The van der Waals surface area contributed by atoms with Crippen molar-refractivity contribution < 1.29 is 14.3 Å². The van der Waals surface area contributed by atoms with Crippen LogP contribution < -0.4 is 5.32 Å². The van der Waals surface area contributed by atoms with Gasteiger partial charge in [-0.05, 0) is 26.0 Å². The van der Waals surface area contributed by atoms with Gasteiger partial charge in [0.2, 0.25) is 5.91 Å². The molecule has 0 saturated carbocycles. The minimum atomic E-state index is -0.0951. The Hall–Kier alpha value is -2.50. The van der Waals surface area contributed by atoms with Crippen molar-refractivity contribution >= 4 is 17.4 Å². The second-order valence-corrected chi connectivity index (χ2v) is 7.06. The Labute approximate surface area is 160 Å². The van der Waals surface area contributed by atoms with E-state index in [1.807, 2.05) is 44.2 Å². The first kappa shape index (κ1) is 19.3. The van der Waals surface area contributed by atoms with Crippen molar-refractivity contribution in [3.8, 4) is 0 Å². The molecule has 2 atom stereocenters. The lowest BCUT2D eigenvalue weighted by molar-refractivity contribution is -0.117. The van der Waals surface area contributed by atoms with E-state index in [0.717, 1.165) is 13.1 Å². The maximum atomic E-state index is 12.8. The Morgan fingerprint density at radius 3 is 2.33 bits per heavy atom. The van der Waals surface area contributed by atoms with Gasteiger partial charge in [-0.1, -0.05) is 42.5 Å². The summed E-state index contributed by atoms with van der Waals surface area (Å²) >= 11 is 0. The van der Waals surface area contributed by atoms with Gasteiger partial charge in [-0.3, -0.25) is 14.5 Å².